The minimum atomic E-state index is -3.33. The highest BCUT2D eigenvalue weighted by molar-refractivity contribution is 7.99. The van der Waals surface area contributed by atoms with Crippen molar-refractivity contribution in [1.82, 2.24) is 19.7 Å². The maximum Gasteiger partial charge on any atom is 0.234 e. The molecule has 4 aromatic carbocycles. The standard InChI is InChI=1S/C33H27N5O4S2/c1-42-25-16-14-23(15-17-25)34-31(39)21-43-33-37-36-32(38(33)24-8-4-3-5-9-24)28-20-30(35-29-11-7-6-10-27(28)29)22-12-18-26(19-13-22)44(2,40)41/h3-20H,21H2,1-2H3,(H,34,39). The summed E-state index contributed by atoms with van der Waals surface area (Å²) in [6.45, 7) is 0. The number of anilines is 1. The van der Waals surface area contributed by atoms with Gasteiger partial charge in [-0.25, -0.2) is 13.4 Å². The Morgan fingerprint density at radius 3 is 2.30 bits per heavy atom. The van der Waals surface area contributed by atoms with Crippen molar-refractivity contribution in [2.24, 2.45) is 0 Å². The van der Waals surface area contributed by atoms with Gasteiger partial charge in [0, 0.05) is 34.1 Å². The van der Waals surface area contributed by atoms with Gasteiger partial charge >= 0.3 is 0 Å². The molecule has 0 spiro atoms. The number of hydrogen-bond acceptors (Lipinski definition) is 8. The Labute approximate surface area is 258 Å². The molecule has 1 amide bonds. The topological polar surface area (TPSA) is 116 Å². The van der Waals surface area contributed by atoms with Crippen LogP contribution < -0.4 is 10.1 Å². The molecule has 6 aromatic rings. The summed E-state index contributed by atoms with van der Waals surface area (Å²) in [6.07, 6.45) is 1.18. The molecule has 0 aliphatic heterocycles. The number of benzene rings is 4. The Morgan fingerprint density at radius 1 is 0.886 bits per heavy atom. The van der Waals surface area contributed by atoms with Crippen LogP contribution in [-0.4, -0.2) is 53.2 Å². The van der Waals surface area contributed by atoms with E-state index < -0.39 is 9.84 Å². The molecule has 0 aliphatic rings. The zero-order valence-electron chi connectivity index (χ0n) is 23.8. The Morgan fingerprint density at radius 2 is 1.59 bits per heavy atom. The van der Waals surface area contributed by atoms with Crippen LogP contribution in [0.5, 0.6) is 5.75 Å². The van der Waals surface area contributed by atoms with Gasteiger partial charge in [-0.05, 0) is 60.7 Å². The maximum absolute atomic E-state index is 12.9. The van der Waals surface area contributed by atoms with Crippen LogP contribution in [0.1, 0.15) is 0 Å². The van der Waals surface area contributed by atoms with Gasteiger partial charge in [-0.2, -0.15) is 0 Å². The molecule has 220 valence electrons. The van der Waals surface area contributed by atoms with Gasteiger partial charge in [-0.1, -0.05) is 60.3 Å². The summed E-state index contributed by atoms with van der Waals surface area (Å²) in [4.78, 5) is 18.0. The molecule has 2 heterocycles. The highest BCUT2D eigenvalue weighted by atomic mass is 32.2. The molecule has 0 aliphatic carbocycles. The summed E-state index contributed by atoms with van der Waals surface area (Å²) < 4.78 is 31.2. The molecule has 0 bridgehead atoms. The third-order valence-electron chi connectivity index (χ3n) is 6.89. The molecule has 0 saturated heterocycles. The lowest BCUT2D eigenvalue weighted by molar-refractivity contribution is -0.113. The lowest BCUT2D eigenvalue weighted by atomic mass is 10.0. The first-order chi connectivity index (χ1) is 21.3. The number of thioether (sulfide) groups is 1. The SMILES string of the molecule is COc1ccc(NC(=O)CSc2nnc(-c3cc(-c4ccc(S(C)(=O)=O)cc4)nc4ccccc34)n2-c2ccccc2)cc1. The number of hydrogen-bond donors (Lipinski definition) is 1. The van der Waals surface area contributed by atoms with E-state index in [9.17, 15) is 13.2 Å². The average molecular weight is 622 g/mol. The van der Waals surface area contributed by atoms with Crippen molar-refractivity contribution in [2.45, 2.75) is 10.1 Å². The van der Waals surface area contributed by atoms with E-state index in [-0.39, 0.29) is 16.6 Å². The highest BCUT2D eigenvalue weighted by Crippen LogP contribution is 2.35. The summed E-state index contributed by atoms with van der Waals surface area (Å²) in [7, 11) is -1.74. The van der Waals surface area contributed by atoms with Crippen LogP contribution >= 0.6 is 11.8 Å². The Hall–Kier alpha value is -5.00. The first-order valence-electron chi connectivity index (χ1n) is 13.6. The quantitative estimate of drug-likeness (QED) is 0.187. The summed E-state index contributed by atoms with van der Waals surface area (Å²) in [5, 5.41) is 13.5. The molecular formula is C33H27N5O4S2. The Bertz CT molecular complexity index is 2060. The number of carbonyl (C=O) groups excluding carboxylic acids is 1. The molecule has 0 atom stereocenters. The fourth-order valence-electron chi connectivity index (χ4n) is 4.73. The van der Waals surface area contributed by atoms with E-state index in [1.165, 1.54) is 18.0 Å². The van der Waals surface area contributed by atoms with E-state index in [4.69, 9.17) is 9.72 Å². The molecule has 0 fully saturated rings. The van der Waals surface area contributed by atoms with Crippen molar-refractivity contribution < 1.29 is 17.9 Å². The molecular weight excluding hydrogens is 595 g/mol. The molecule has 0 radical (unpaired) electrons. The number of aromatic nitrogens is 4. The number of rotatable bonds is 9. The van der Waals surface area contributed by atoms with E-state index in [2.05, 4.69) is 15.5 Å². The number of ether oxygens (including phenoxy) is 1. The summed E-state index contributed by atoms with van der Waals surface area (Å²) in [6, 6.07) is 33.2. The number of carbonyl (C=O) groups is 1. The number of fused-ring (bicyclic) bond motifs is 1. The van der Waals surface area contributed by atoms with Gasteiger partial charge in [0.25, 0.3) is 0 Å². The monoisotopic (exact) mass is 621 g/mol. The van der Waals surface area contributed by atoms with Crippen molar-refractivity contribution in [1.29, 1.82) is 0 Å². The molecule has 11 heteroatoms. The van der Waals surface area contributed by atoms with Crippen molar-refractivity contribution in [3.05, 3.63) is 109 Å². The molecule has 0 saturated carbocycles. The van der Waals surface area contributed by atoms with E-state index >= 15 is 0 Å². The summed E-state index contributed by atoms with van der Waals surface area (Å²) >= 11 is 1.28. The van der Waals surface area contributed by atoms with Crippen LogP contribution in [0.2, 0.25) is 0 Å². The van der Waals surface area contributed by atoms with Gasteiger partial charge < -0.3 is 10.1 Å². The first-order valence-corrected chi connectivity index (χ1v) is 16.5. The van der Waals surface area contributed by atoms with Crippen LogP contribution in [0.25, 0.3) is 39.2 Å². The van der Waals surface area contributed by atoms with Crippen molar-refractivity contribution >= 4 is 44.1 Å². The molecule has 44 heavy (non-hydrogen) atoms. The van der Waals surface area contributed by atoms with E-state index in [1.807, 2.05) is 65.2 Å². The lowest BCUT2D eigenvalue weighted by Gasteiger charge is -2.13. The normalized spacial score (nSPS) is 11.4. The van der Waals surface area contributed by atoms with Crippen molar-refractivity contribution in [2.75, 3.05) is 24.4 Å². The molecule has 6 rings (SSSR count). The van der Waals surface area contributed by atoms with Crippen LogP contribution in [0, 0.1) is 0 Å². The smallest absolute Gasteiger partial charge is 0.234 e. The summed E-state index contributed by atoms with van der Waals surface area (Å²) in [5.41, 5.74) is 4.48. The fraction of sp³-hybridized carbons (Fsp3) is 0.0909. The molecule has 0 unspecified atom stereocenters. The number of sulfone groups is 1. The van der Waals surface area contributed by atoms with Crippen LogP contribution in [-0.2, 0) is 14.6 Å². The highest BCUT2D eigenvalue weighted by Gasteiger charge is 2.21. The van der Waals surface area contributed by atoms with Crippen LogP contribution in [0.3, 0.4) is 0 Å². The number of amides is 1. The second-order valence-electron chi connectivity index (χ2n) is 9.91. The third kappa shape index (κ3) is 6.19. The average Bonchev–Trinajstić information content (AvgIpc) is 3.47. The van der Waals surface area contributed by atoms with Gasteiger partial charge in [0.05, 0.1) is 29.0 Å². The van der Waals surface area contributed by atoms with Gasteiger partial charge in [0.15, 0.2) is 20.8 Å². The molecule has 9 nitrogen and oxygen atoms in total. The fourth-order valence-corrected chi connectivity index (χ4v) is 6.11. The van der Waals surface area contributed by atoms with Gasteiger partial charge in [0.2, 0.25) is 5.91 Å². The summed E-state index contributed by atoms with van der Waals surface area (Å²) in [5.74, 6) is 1.23. The molecule has 1 N–H and O–H groups in total. The maximum atomic E-state index is 12.9. The Kier molecular flexibility index (Phi) is 8.14. The minimum Gasteiger partial charge on any atom is -0.497 e. The van der Waals surface area contributed by atoms with E-state index in [0.717, 1.165) is 27.7 Å². The lowest BCUT2D eigenvalue weighted by Crippen LogP contribution is -2.14. The minimum absolute atomic E-state index is 0.117. The number of pyridine rings is 1. The first kappa shape index (κ1) is 29.1. The van der Waals surface area contributed by atoms with Gasteiger partial charge in [-0.15, -0.1) is 10.2 Å². The van der Waals surface area contributed by atoms with Crippen molar-refractivity contribution in [3.63, 3.8) is 0 Å². The number of methoxy groups -OCH3 is 1. The van der Waals surface area contributed by atoms with Gasteiger partial charge in [-0.3, -0.25) is 9.36 Å². The third-order valence-corrected chi connectivity index (χ3v) is 8.95. The number of para-hydroxylation sites is 2. The Balaban J connectivity index is 1.39. The number of nitrogens with zero attached hydrogens (tertiary/aromatic N) is 4. The second kappa shape index (κ2) is 12.3. The van der Waals surface area contributed by atoms with Crippen LogP contribution in [0.4, 0.5) is 5.69 Å². The second-order valence-corrected chi connectivity index (χ2v) is 12.9. The molecule has 2 aromatic heterocycles. The van der Waals surface area contributed by atoms with E-state index in [0.29, 0.717) is 28.1 Å². The van der Waals surface area contributed by atoms with Crippen LogP contribution in [0.15, 0.2) is 119 Å². The number of nitrogens with one attached hydrogen (secondary N) is 1. The largest absolute Gasteiger partial charge is 0.497 e. The van der Waals surface area contributed by atoms with Crippen molar-refractivity contribution in [3.8, 4) is 34.1 Å². The zero-order valence-corrected chi connectivity index (χ0v) is 25.5. The zero-order chi connectivity index (χ0) is 30.7. The van der Waals surface area contributed by atoms with E-state index in [1.54, 1.807) is 55.6 Å². The predicted molar refractivity (Wildman–Crippen MR) is 173 cm³/mol. The predicted octanol–water partition coefficient (Wildman–Crippen LogP) is 6.29. The van der Waals surface area contributed by atoms with Gasteiger partial charge in [0.1, 0.15) is 5.75 Å².